The van der Waals surface area contributed by atoms with Crippen LogP contribution in [0, 0.1) is 5.82 Å². The molecule has 1 aromatic carbocycles. The lowest BCUT2D eigenvalue weighted by Gasteiger charge is -2.23. The van der Waals surface area contributed by atoms with Gasteiger partial charge in [-0.2, -0.15) is 0 Å². The minimum absolute atomic E-state index is 0.177. The molecule has 1 saturated heterocycles. The second kappa shape index (κ2) is 5.54. The molecular formula is C18H18FN3. The van der Waals surface area contributed by atoms with Gasteiger partial charge in [-0.1, -0.05) is 12.1 Å². The standard InChI is InChI=1S/C18H18FN3/c19-15-7-5-13(6-8-15)12-22-10-2-4-17(22)16-11-14-3-1-9-20-18(14)21-16/h1,3,5-9,11,17H,2,4,10,12H2,(H,20,21)/t17-/m0/s1. The number of likely N-dealkylation sites (tertiary alicyclic amines) is 1. The highest BCUT2D eigenvalue weighted by Gasteiger charge is 2.27. The van der Waals surface area contributed by atoms with Crippen LogP contribution in [0.2, 0.25) is 0 Å². The maximum atomic E-state index is 13.0. The first-order valence-corrected chi connectivity index (χ1v) is 7.72. The van der Waals surface area contributed by atoms with E-state index in [1.807, 2.05) is 24.4 Å². The minimum atomic E-state index is -0.177. The van der Waals surface area contributed by atoms with Crippen molar-refractivity contribution in [3.8, 4) is 0 Å². The van der Waals surface area contributed by atoms with E-state index in [1.165, 1.54) is 24.2 Å². The molecule has 1 fully saturated rings. The Morgan fingerprint density at radius 2 is 2.09 bits per heavy atom. The first kappa shape index (κ1) is 13.5. The van der Waals surface area contributed by atoms with Crippen LogP contribution in [0.1, 0.15) is 30.1 Å². The normalized spacial score (nSPS) is 19.0. The third-order valence-electron chi connectivity index (χ3n) is 4.43. The molecule has 4 heteroatoms. The molecule has 0 saturated carbocycles. The molecule has 2 aromatic heterocycles. The maximum Gasteiger partial charge on any atom is 0.137 e. The van der Waals surface area contributed by atoms with E-state index in [9.17, 15) is 4.39 Å². The van der Waals surface area contributed by atoms with Gasteiger partial charge in [0.25, 0.3) is 0 Å². The van der Waals surface area contributed by atoms with Crippen LogP contribution in [-0.4, -0.2) is 21.4 Å². The Morgan fingerprint density at radius 1 is 1.23 bits per heavy atom. The maximum absolute atomic E-state index is 13.0. The van der Waals surface area contributed by atoms with Crippen molar-refractivity contribution in [1.82, 2.24) is 14.9 Å². The number of pyridine rings is 1. The molecule has 4 rings (SSSR count). The van der Waals surface area contributed by atoms with E-state index in [0.29, 0.717) is 6.04 Å². The Balaban J connectivity index is 1.58. The molecule has 1 N–H and O–H groups in total. The van der Waals surface area contributed by atoms with Gasteiger partial charge < -0.3 is 4.98 Å². The third-order valence-corrected chi connectivity index (χ3v) is 4.43. The summed E-state index contributed by atoms with van der Waals surface area (Å²) in [6.45, 7) is 1.93. The lowest BCUT2D eigenvalue weighted by atomic mass is 10.1. The summed E-state index contributed by atoms with van der Waals surface area (Å²) in [5.74, 6) is -0.177. The Kier molecular flexibility index (Phi) is 3.39. The van der Waals surface area contributed by atoms with Crippen LogP contribution >= 0.6 is 0 Å². The van der Waals surface area contributed by atoms with Gasteiger partial charge in [0.1, 0.15) is 11.5 Å². The van der Waals surface area contributed by atoms with Crippen molar-refractivity contribution in [2.75, 3.05) is 6.54 Å². The first-order valence-electron chi connectivity index (χ1n) is 7.72. The summed E-state index contributed by atoms with van der Waals surface area (Å²) in [5.41, 5.74) is 3.34. The van der Waals surface area contributed by atoms with Gasteiger partial charge in [0, 0.05) is 23.8 Å². The van der Waals surface area contributed by atoms with Gasteiger partial charge in [0.05, 0.1) is 6.04 Å². The summed E-state index contributed by atoms with van der Waals surface area (Å²) in [6, 6.07) is 13.5. The molecule has 3 nitrogen and oxygen atoms in total. The summed E-state index contributed by atoms with van der Waals surface area (Å²) in [7, 11) is 0. The zero-order chi connectivity index (χ0) is 14.9. The van der Waals surface area contributed by atoms with E-state index < -0.39 is 0 Å². The molecule has 0 spiro atoms. The smallest absolute Gasteiger partial charge is 0.137 e. The molecule has 3 aromatic rings. The number of hydrogen-bond donors (Lipinski definition) is 1. The number of rotatable bonds is 3. The number of nitrogens with one attached hydrogen (secondary N) is 1. The van der Waals surface area contributed by atoms with Gasteiger partial charge in [-0.05, 0) is 55.3 Å². The monoisotopic (exact) mass is 295 g/mol. The number of halogens is 1. The summed E-state index contributed by atoms with van der Waals surface area (Å²) in [6.07, 6.45) is 4.15. The van der Waals surface area contributed by atoms with E-state index in [1.54, 1.807) is 0 Å². The number of nitrogens with zero attached hydrogens (tertiary/aromatic N) is 2. The highest BCUT2D eigenvalue weighted by Crippen LogP contribution is 2.33. The molecule has 0 radical (unpaired) electrons. The van der Waals surface area contributed by atoms with E-state index >= 15 is 0 Å². The topological polar surface area (TPSA) is 31.9 Å². The predicted molar refractivity (Wildman–Crippen MR) is 84.9 cm³/mol. The van der Waals surface area contributed by atoms with Crippen molar-refractivity contribution in [3.05, 3.63) is 65.7 Å². The zero-order valence-corrected chi connectivity index (χ0v) is 12.3. The number of aromatic nitrogens is 2. The highest BCUT2D eigenvalue weighted by atomic mass is 19.1. The van der Waals surface area contributed by atoms with Crippen molar-refractivity contribution in [3.63, 3.8) is 0 Å². The van der Waals surface area contributed by atoms with Crippen molar-refractivity contribution < 1.29 is 4.39 Å². The molecule has 1 aliphatic heterocycles. The number of fused-ring (bicyclic) bond motifs is 1. The zero-order valence-electron chi connectivity index (χ0n) is 12.3. The Morgan fingerprint density at radius 3 is 2.91 bits per heavy atom. The molecular weight excluding hydrogens is 277 g/mol. The van der Waals surface area contributed by atoms with Crippen molar-refractivity contribution in [2.45, 2.75) is 25.4 Å². The molecule has 0 aliphatic carbocycles. The van der Waals surface area contributed by atoms with Crippen LogP contribution in [0.15, 0.2) is 48.7 Å². The average molecular weight is 295 g/mol. The van der Waals surface area contributed by atoms with Gasteiger partial charge in [-0.25, -0.2) is 9.37 Å². The van der Waals surface area contributed by atoms with Crippen molar-refractivity contribution >= 4 is 11.0 Å². The molecule has 3 heterocycles. The molecule has 1 aliphatic rings. The molecule has 112 valence electrons. The Labute approximate surface area is 128 Å². The lowest BCUT2D eigenvalue weighted by molar-refractivity contribution is 0.245. The van der Waals surface area contributed by atoms with Crippen LogP contribution in [0.5, 0.6) is 0 Å². The lowest BCUT2D eigenvalue weighted by Crippen LogP contribution is -2.22. The summed E-state index contributed by atoms with van der Waals surface area (Å²) < 4.78 is 13.0. The van der Waals surface area contributed by atoms with E-state index in [4.69, 9.17) is 0 Å². The fraction of sp³-hybridized carbons (Fsp3) is 0.278. The SMILES string of the molecule is Fc1ccc(CN2CCC[C@H]2c2cc3cccnc3[nH]2)cc1. The van der Waals surface area contributed by atoms with Gasteiger partial charge in [0.2, 0.25) is 0 Å². The Hall–Kier alpha value is -2.20. The summed E-state index contributed by atoms with van der Waals surface area (Å²) in [5, 5.41) is 1.16. The number of aromatic amines is 1. The van der Waals surface area contributed by atoms with Crippen LogP contribution in [0.3, 0.4) is 0 Å². The van der Waals surface area contributed by atoms with Crippen molar-refractivity contribution in [2.24, 2.45) is 0 Å². The molecule has 1 atom stereocenters. The Bertz CT molecular complexity index is 745. The molecule has 0 unspecified atom stereocenters. The summed E-state index contributed by atoms with van der Waals surface area (Å²) >= 11 is 0. The van der Waals surface area contributed by atoms with Crippen LogP contribution in [0.4, 0.5) is 4.39 Å². The third kappa shape index (κ3) is 2.50. The second-order valence-corrected chi connectivity index (χ2v) is 5.92. The highest BCUT2D eigenvalue weighted by molar-refractivity contribution is 5.76. The number of hydrogen-bond acceptors (Lipinski definition) is 2. The fourth-order valence-electron chi connectivity index (χ4n) is 3.35. The largest absolute Gasteiger partial charge is 0.342 e. The van der Waals surface area contributed by atoms with Crippen LogP contribution < -0.4 is 0 Å². The molecule has 22 heavy (non-hydrogen) atoms. The first-order chi connectivity index (χ1) is 10.8. The fourth-order valence-corrected chi connectivity index (χ4v) is 3.35. The summed E-state index contributed by atoms with van der Waals surface area (Å²) in [4.78, 5) is 10.3. The molecule has 0 bridgehead atoms. The van der Waals surface area contributed by atoms with Crippen molar-refractivity contribution in [1.29, 1.82) is 0 Å². The van der Waals surface area contributed by atoms with Crippen LogP contribution in [0.25, 0.3) is 11.0 Å². The number of H-pyrrole nitrogens is 1. The van der Waals surface area contributed by atoms with E-state index in [-0.39, 0.29) is 5.82 Å². The van der Waals surface area contributed by atoms with Gasteiger partial charge in [-0.3, -0.25) is 4.90 Å². The van der Waals surface area contributed by atoms with Gasteiger partial charge in [-0.15, -0.1) is 0 Å². The minimum Gasteiger partial charge on any atom is -0.342 e. The second-order valence-electron chi connectivity index (χ2n) is 5.92. The predicted octanol–water partition coefficient (Wildman–Crippen LogP) is 4.04. The van der Waals surface area contributed by atoms with Gasteiger partial charge >= 0.3 is 0 Å². The van der Waals surface area contributed by atoms with Crippen LogP contribution in [-0.2, 0) is 6.54 Å². The van der Waals surface area contributed by atoms with E-state index in [2.05, 4.69) is 27.0 Å². The number of benzene rings is 1. The van der Waals surface area contributed by atoms with Gasteiger partial charge in [0.15, 0.2) is 0 Å². The van der Waals surface area contributed by atoms with E-state index in [0.717, 1.165) is 36.1 Å². The quantitative estimate of drug-likeness (QED) is 0.791. The molecule has 0 amide bonds. The average Bonchev–Trinajstić information content (AvgIpc) is 3.15.